The molecule has 1 aromatic rings. The molecule has 1 heterocycles. The van der Waals surface area contributed by atoms with Crippen LogP contribution in [-0.4, -0.2) is 35.0 Å². The van der Waals surface area contributed by atoms with E-state index in [9.17, 15) is 14.7 Å². The van der Waals surface area contributed by atoms with E-state index in [0.717, 1.165) is 58.0 Å². The highest BCUT2D eigenvalue weighted by Crippen LogP contribution is 2.47. The summed E-state index contributed by atoms with van der Waals surface area (Å²) in [7, 11) is 0. The molecule has 150 valence electrons. The number of carboxylic acid groups (broad SMARTS) is 1. The third kappa shape index (κ3) is 4.55. The van der Waals surface area contributed by atoms with E-state index in [2.05, 4.69) is 6.07 Å². The van der Waals surface area contributed by atoms with Crippen LogP contribution in [0.1, 0.15) is 74.2 Å². The minimum Gasteiger partial charge on any atom is -0.481 e. The number of benzene rings is 1. The van der Waals surface area contributed by atoms with Crippen molar-refractivity contribution in [3.63, 3.8) is 0 Å². The second-order valence-corrected chi connectivity index (χ2v) is 8.60. The molecule has 1 N–H and O–H groups in total. The highest BCUT2D eigenvalue weighted by atomic mass is 16.4. The van der Waals surface area contributed by atoms with Crippen LogP contribution in [0.25, 0.3) is 0 Å². The van der Waals surface area contributed by atoms with Crippen molar-refractivity contribution >= 4 is 11.9 Å². The van der Waals surface area contributed by atoms with Gasteiger partial charge in [-0.05, 0) is 87.0 Å². The number of carbonyl (C=O) groups excluding carboxylic acids is 1. The monoisotopic (exact) mass is 382 g/mol. The van der Waals surface area contributed by atoms with Crippen LogP contribution in [-0.2, 0) is 4.79 Å². The Morgan fingerprint density at radius 3 is 2.29 bits per heavy atom. The van der Waals surface area contributed by atoms with E-state index in [1.165, 1.54) is 0 Å². The first-order chi connectivity index (χ1) is 13.5. The molecular formula is C23H30N2O3. The molecule has 1 aliphatic carbocycles. The van der Waals surface area contributed by atoms with Crippen LogP contribution in [0.15, 0.2) is 24.3 Å². The van der Waals surface area contributed by atoms with Crippen LogP contribution in [0.5, 0.6) is 0 Å². The van der Waals surface area contributed by atoms with E-state index < -0.39 is 5.97 Å². The predicted octanol–water partition coefficient (Wildman–Crippen LogP) is 4.47. The second-order valence-electron chi connectivity index (χ2n) is 8.60. The summed E-state index contributed by atoms with van der Waals surface area (Å²) in [5, 5.41) is 18.2. The lowest BCUT2D eigenvalue weighted by molar-refractivity contribution is -0.142. The van der Waals surface area contributed by atoms with E-state index in [0.29, 0.717) is 28.9 Å². The van der Waals surface area contributed by atoms with Crippen molar-refractivity contribution < 1.29 is 14.7 Å². The Labute approximate surface area is 167 Å². The van der Waals surface area contributed by atoms with Crippen molar-refractivity contribution in [2.45, 2.75) is 58.3 Å². The lowest BCUT2D eigenvalue weighted by Crippen LogP contribution is -2.44. The number of piperidine rings is 1. The van der Waals surface area contributed by atoms with Crippen molar-refractivity contribution in [1.29, 1.82) is 5.26 Å². The maximum absolute atomic E-state index is 12.7. The normalized spacial score (nSPS) is 20.5. The Kier molecular flexibility index (Phi) is 6.39. The molecule has 28 heavy (non-hydrogen) atoms. The van der Waals surface area contributed by atoms with Crippen LogP contribution < -0.4 is 0 Å². The number of likely N-dealkylation sites (tertiary alicyclic amines) is 1. The van der Waals surface area contributed by atoms with E-state index >= 15 is 0 Å². The van der Waals surface area contributed by atoms with Crippen LogP contribution in [0.4, 0.5) is 0 Å². The molecule has 0 bridgehead atoms. The summed E-state index contributed by atoms with van der Waals surface area (Å²) in [6, 6.07) is 8.95. The first-order valence-corrected chi connectivity index (χ1v) is 10.5. The zero-order valence-corrected chi connectivity index (χ0v) is 16.7. The summed E-state index contributed by atoms with van der Waals surface area (Å²) in [5.41, 5.74) is 1.56. The lowest BCUT2D eigenvalue weighted by atomic mass is 9.64. The smallest absolute Gasteiger partial charge is 0.306 e. The highest BCUT2D eigenvalue weighted by molar-refractivity contribution is 5.94. The first-order valence-electron chi connectivity index (χ1n) is 10.5. The van der Waals surface area contributed by atoms with E-state index in [1.807, 2.05) is 11.8 Å². The van der Waals surface area contributed by atoms with Crippen LogP contribution in [0.3, 0.4) is 0 Å². The number of hydrogen-bond acceptors (Lipinski definition) is 3. The lowest BCUT2D eigenvalue weighted by Gasteiger charge is -2.46. The van der Waals surface area contributed by atoms with Gasteiger partial charge in [0.05, 0.1) is 17.6 Å². The van der Waals surface area contributed by atoms with Crippen molar-refractivity contribution in [3.8, 4) is 6.07 Å². The molecule has 0 aromatic heterocycles. The molecule has 1 saturated heterocycles. The van der Waals surface area contributed by atoms with Crippen LogP contribution >= 0.6 is 0 Å². The van der Waals surface area contributed by atoms with Gasteiger partial charge in [0.1, 0.15) is 0 Å². The molecule has 3 rings (SSSR count). The van der Waals surface area contributed by atoms with E-state index in [4.69, 9.17) is 5.26 Å². The number of aliphatic carboxylic acids is 1. The molecule has 1 unspecified atom stereocenters. The number of rotatable bonds is 5. The zero-order valence-electron chi connectivity index (χ0n) is 16.7. The fourth-order valence-electron chi connectivity index (χ4n) is 4.92. The molecule has 1 spiro atoms. The van der Waals surface area contributed by atoms with Crippen molar-refractivity contribution in [1.82, 2.24) is 4.90 Å². The van der Waals surface area contributed by atoms with Gasteiger partial charge in [0, 0.05) is 18.7 Å². The summed E-state index contributed by atoms with van der Waals surface area (Å²) in [6.45, 7) is 3.54. The average molecular weight is 383 g/mol. The summed E-state index contributed by atoms with van der Waals surface area (Å²) in [6.07, 6.45) is 8.16. The Balaban J connectivity index is 1.50. The van der Waals surface area contributed by atoms with Gasteiger partial charge in [-0.2, -0.15) is 5.26 Å². The zero-order chi connectivity index (χ0) is 20.1. The molecule has 5 heteroatoms. The van der Waals surface area contributed by atoms with Crippen molar-refractivity contribution in [2.75, 3.05) is 13.1 Å². The van der Waals surface area contributed by atoms with Gasteiger partial charge in [0.2, 0.25) is 0 Å². The molecular weight excluding hydrogens is 352 g/mol. The molecule has 5 nitrogen and oxygen atoms in total. The highest BCUT2D eigenvalue weighted by Gasteiger charge is 2.39. The molecule has 2 fully saturated rings. The third-order valence-electron chi connectivity index (χ3n) is 7.00. The predicted molar refractivity (Wildman–Crippen MR) is 107 cm³/mol. The Hall–Kier alpha value is -2.35. The molecule has 1 aliphatic heterocycles. The molecule has 1 saturated carbocycles. The summed E-state index contributed by atoms with van der Waals surface area (Å²) < 4.78 is 0. The van der Waals surface area contributed by atoms with Crippen LogP contribution in [0.2, 0.25) is 0 Å². The third-order valence-corrected chi connectivity index (χ3v) is 7.00. The van der Waals surface area contributed by atoms with Gasteiger partial charge in [-0.25, -0.2) is 0 Å². The molecule has 1 atom stereocenters. The van der Waals surface area contributed by atoms with Gasteiger partial charge < -0.3 is 10.0 Å². The second kappa shape index (κ2) is 8.77. The molecule has 2 aliphatic rings. The SMILES string of the molecule is CCC(CC1CCC2(CC1)CCN(C(=O)c1ccc(C#N)cc1)CC2)C(=O)O. The fraction of sp³-hybridized carbons (Fsp3) is 0.609. The van der Waals surface area contributed by atoms with E-state index in [-0.39, 0.29) is 11.8 Å². The number of nitriles is 1. The number of amides is 1. The number of carboxylic acids is 1. The summed E-state index contributed by atoms with van der Waals surface area (Å²) >= 11 is 0. The number of hydrogen-bond donors (Lipinski definition) is 1. The first kappa shape index (κ1) is 20.4. The Morgan fingerprint density at radius 2 is 1.79 bits per heavy atom. The average Bonchev–Trinajstić information content (AvgIpc) is 2.73. The maximum atomic E-state index is 12.7. The van der Waals surface area contributed by atoms with E-state index in [1.54, 1.807) is 24.3 Å². The van der Waals surface area contributed by atoms with Gasteiger partial charge >= 0.3 is 5.97 Å². The van der Waals surface area contributed by atoms with Gasteiger partial charge in [-0.3, -0.25) is 9.59 Å². The fourth-order valence-corrected chi connectivity index (χ4v) is 4.92. The minimum atomic E-state index is -0.655. The largest absolute Gasteiger partial charge is 0.481 e. The number of nitrogens with zero attached hydrogens (tertiary/aromatic N) is 2. The van der Waals surface area contributed by atoms with Crippen molar-refractivity contribution in [3.05, 3.63) is 35.4 Å². The molecule has 1 amide bonds. The molecule has 0 radical (unpaired) electrons. The topological polar surface area (TPSA) is 81.4 Å². The Bertz CT molecular complexity index is 732. The van der Waals surface area contributed by atoms with Crippen LogP contribution in [0, 0.1) is 28.6 Å². The summed E-state index contributed by atoms with van der Waals surface area (Å²) in [5.74, 6) is -0.270. The van der Waals surface area contributed by atoms with Gasteiger partial charge in [0.15, 0.2) is 0 Å². The number of carbonyl (C=O) groups is 2. The standard InChI is InChI=1S/C23H30N2O3/c1-2-19(22(27)28)15-17-7-9-23(10-8-17)11-13-25(14-12-23)21(26)20-5-3-18(16-24)4-6-20/h3-6,17,19H,2,7-15H2,1H3,(H,27,28). The quantitative estimate of drug-likeness (QED) is 0.814. The van der Waals surface area contributed by atoms with Crippen molar-refractivity contribution in [2.24, 2.45) is 17.3 Å². The van der Waals surface area contributed by atoms with Gasteiger partial charge in [-0.1, -0.05) is 6.92 Å². The summed E-state index contributed by atoms with van der Waals surface area (Å²) in [4.78, 5) is 26.0. The Morgan fingerprint density at radius 1 is 1.18 bits per heavy atom. The van der Waals surface area contributed by atoms with Gasteiger partial charge in [0.25, 0.3) is 5.91 Å². The maximum Gasteiger partial charge on any atom is 0.306 e. The minimum absolute atomic E-state index is 0.0558. The van der Waals surface area contributed by atoms with Gasteiger partial charge in [-0.15, -0.1) is 0 Å². The molecule has 1 aromatic carbocycles.